The highest BCUT2D eigenvalue weighted by Crippen LogP contribution is 2.66. The van der Waals surface area contributed by atoms with E-state index in [2.05, 4.69) is 228 Å². The summed E-state index contributed by atoms with van der Waals surface area (Å²) in [5, 5.41) is 2.49. The van der Waals surface area contributed by atoms with E-state index < -0.39 is 5.41 Å². The number of benzene rings is 9. The zero-order valence-corrected chi connectivity index (χ0v) is 30.2. The highest BCUT2D eigenvalue weighted by Gasteiger charge is 2.53. The van der Waals surface area contributed by atoms with Gasteiger partial charge in [-0.25, -0.2) is 0 Å². The van der Waals surface area contributed by atoms with Crippen molar-refractivity contribution in [3.63, 3.8) is 0 Å². The largest absolute Gasteiger partial charge is 0.310 e. The smallest absolute Gasteiger partial charge is 0.0733 e. The van der Waals surface area contributed by atoms with Gasteiger partial charge in [-0.3, -0.25) is 0 Å². The molecular weight excluding hydrogens is 665 g/mol. The number of para-hydroxylation sites is 4. The maximum Gasteiger partial charge on any atom is 0.0733 e. The van der Waals surface area contributed by atoms with E-state index in [0.29, 0.717) is 0 Å². The molecule has 2 aliphatic carbocycles. The number of hydrogen-bond donors (Lipinski definition) is 0. The van der Waals surface area contributed by atoms with Crippen molar-refractivity contribution in [2.75, 3.05) is 9.80 Å². The van der Waals surface area contributed by atoms with Gasteiger partial charge in [-0.1, -0.05) is 152 Å². The Labute approximate surface area is 321 Å². The Morgan fingerprint density at radius 3 is 1.36 bits per heavy atom. The first kappa shape index (κ1) is 31.4. The number of hydrogen-bond acceptors (Lipinski definition) is 2. The monoisotopic (exact) mass is 700 g/mol. The number of anilines is 6. The van der Waals surface area contributed by atoms with Gasteiger partial charge in [0.05, 0.1) is 11.1 Å². The first-order chi connectivity index (χ1) is 27.3. The van der Waals surface area contributed by atoms with Crippen molar-refractivity contribution in [2.24, 2.45) is 0 Å². The Hall–Kier alpha value is -7.16. The average Bonchev–Trinajstić information content (AvgIpc) is 3.73. The molecule has 0 bridgehead atoms. The fourth-order valence-electron chi connectivity index (χ4n) is 9.48. The normalized spacial score (nSPS) is 14.6. The molecule has 0 N–H and O–H groups in total. The van der Waals surface area contributed by atoms with Crippen molar-refractivity contribution >= 4 is 44.9 Å². The molecule has 0 radical (unpaired) electrons. The second-order valence-corrected chi connectivity index (χ2v) is 14.5. The molecule has 0 aromatic heterocycles. The van der Waals surface area contributed by atoms with Crippen LogP contribution in [0.25, 0.3) is 33.0 Å². The fourth-order valence-corrected chi connectivity index (χ4v) is 9.48. The summed E-state index contributed by atoms with van der Waals surface area (Å²) in [5.41, 5.74) is 16.6. The quantitative estimate of drug-likeness (QED) is 0.170. The predicted octanol–water partition coefficient (Wildman–Crippen LogP) is 14.1. The molecule has 1 atom stereocenters. The summed E-state index contributed by atoms with van der Waals surface area (Å²) in [6.45, 7) is 0. The molecule has 0 aliphatic heterocycles. The van der Waals surface area contributed by atoms with Crippen molar-refractivity contribution in [3.8, 4) is 22.3 Å². The maximum atomic E-state index is 2.48. The third kappa shape index (κ3) is 4.62. The summed E-state index contributed by atoms with van der Waals surface area (Å²) in [5.74, 6) is 0. The summed E-state index contributed by atoms with van der Waals surface area (Å²) in [4.78, 5) is 4.84. The van der Waals surface area contributed by atoms with E-state index in [-0.39, 0.29) is 0 Å². The Morgan fingerprint density at radius 2 is 0.764 bits per heavy atom. The molecule has 9 aromatic carbocycles. The average molecular weight is 701 g/mol. The Kier molecular flexibility index (Phi) is 7.11. The van der Waals surface area contributed by atoms with Crippen molar-refractivity contribution < 1.29 is 0 Å². The molecule has 0 amide bonds. The zero-order valence-electron chi connectivity index (χ0n) is 30.2. The van der Waals surface area contributed by atoms with E-state index in [0.717, 1.165) is 28.4 Å². The molecule has 2 aliphatic rings. The molecule has 258 valence electrons. The van der Waals surface area contributed by atoms with Crippen LogP contribution in [-0.4, -0.2) is 0 Å². The number of nitrogens with zero attached hydrogens (tertiary/aromatic N) is 2. The second-order valence-electron chi connectivity index (χ2n) is 14.5. The summed E-state index contributed by atoms with van der Waals surface area (Å²) in [6.07, 6.45) is 0. The van der Waals surface area contributed by atoms with Crippen LogP contribution in [0.1, 0.15) is 22.3 Å². The molecule has 11 rings (SSSR count). The fraction of sp³-hybridized carbons (Fsp3) is 0.0189. The van der Waals surface area contributed by atoms with E-state index in [1.54, 1.807) is 0 Å². The summed E-state index contributed by atoms with van der Waals surface area (Å²) >= 11 is 0. The minimum Gasteiger partial charge on any atom is -0.310 e. The van der Waals surface area contributed by atoms with Gasteiger partial charge >= 0.3 is 0 Å². The molecule has 1 spiro atoms. The lowest BCUT2D eigenvalue weighted by Gasteiger charge is -2.34. The lowest BCUT2D eigenvalue weighted by atomic mass is 9.69. The Morgan fingerprint density at radius 1 is 0.309 bits per heavy atom. The molecule has 2 heteroatoms. The highest BCUT2D eigenvalue weighted by molar-refractivity contribution is 6.10. The van der Waals surface area contributed by atoms with Crippen LogP contribution in [0.5, 0.6) is 0 Å². The lowest BCUT2D eigenvalue weighted by molar-refractivity contribution is 0.801. The van der Waals surface area contributed by atoms with Crippen molar-refractivity contribution in [1.29, 1.82) is 0 Å². The van der Waals surface area contributed by atoms with E-state index >= 15 is 0 Å². The van der Waals surface area contributed by atoms with E-state index in [1.807, 2.05) is 0 Å². The molecule has 0 fully saturated rings. The zero-order chi connectivity index (χ0) is 36.3. The second kappa shape index (κ2) is 12.5. The van der Waals surface area contributed by atoms with Gasteiger partial charge in [-0.2, -0.15) is 0 Å². The molecule has 0 saturated heterocycles. The Balaban J connectivity index is 1.28. The van der Waals surface area contributed by atoms with Crippen LogP contribution in [0.2, 0.25) is 0 Å². The van der Waals surface area contributed by atoms with Crippen molar-refractivity contribution in [2.45, 2.75) is 5.41 Å². The van der Waals surface area contributed by atoms with Crippen LogP contribution < -0.4 is 9.80 Å². The molecule has 1 unspecified atom stereocenters. The standard InChI is InChI=1S/C53H36N2/c1-5-20-38(21-6-1)54(39-22-7-2-8-23-39)42-33-34-45-44-29-15-17-31-47(44)53(49(45)36-42)48-32-18-16-30-46(48)51-50(35-37-19-13-14-28-43(37)52(51)53)55(40-24-9-3-10-25-40)41-26-11-4-12-27-41/h1-36H. The molecule has 55 heavy (non-hydrogen) atoms. The van der Waals surface area contributed by atoms with Crippen LogP contribution >= 0.6 is 0 Å². The summed E-state index contributed by atoms with van der Waals surface area (Å²) < 4.78 is 0. The van der Waals surface area contributed by atoms with Crippen LogP contribution in [0.15, 0.2) is 218 Å². The van der Waals surface area contributed by atoms with Gasteiger partial charge in [-0.05, 0) is 116 Å². The third-order valence-corrected chi connectivity index (χ3v) is 11.6. The highest BCUT2D eigenvalue weighted by atomic mass is 15.1. The number of fused-ring (bicyclic) bond motifs is 12. The van der Waals surface area contributed by atoms with Crippen LogP contribution in [0.4, 0.5) is 34.1 Å². The topological polar surface area (TPSA) is 6.48 Å². The minimum atomic E-state index is -0.568. The van der Waals surface area contributed by atoms with Gasteiger partial charge in [-0.15, -0.1) is 0 Å². The van der Waals surface area contributed by atoms with E-state index in [4.69, 9.17) is 0 Å². The Bertz CT molecular complexity index is 2790. The van der Waals surface area contributed by atoms with Crippen LogP contribution in [0.3, 0.4) is 0 Å². The predicted molar refractivity (Wildman–Crippen MR) is 230 cm³/mol. The van der Waals surface area contributed by atoms with Gasteiger partial charge in [0.2, 0.25) is 0 Å². The summed E-state index contributed by atoms with van der Waals surface area (Å²) in [6, 6.07) is 79.9. The van der Waals surface area contributed by atoms with Gasteiger partial charge in [0.15, 0.2) is 0 Å². The molecule has 2 nitrogen and oxygen atoms in total. The maximum absolute atomic E-state index is 2.48. The molecule has 0 heterocycles. The first-order valence-corrected chi connectivity index (χ1v) is 19.0. The van der Waals surface area contributed by atoms with Crippen molar-refractivity contribution in [3.05, 3.63) is 241 Å². The minimum absolute atomic E-state index is 0.568. The van der Waals surface area contributed by atoms with E-state index in [9.17, 15) is 0 Å². The first-order valence-electron chi connectivity index (χ1n) is 19.0. The summed E-state index contributed by atoms with van der Waals surface area (Å²) in [7, 11) is 0. The lowest BCUT2D eigenvalue weighted by Crippen LogP contribution is -2.27. The molecule has 9 aromatic rings. The van der Waals surface area contributed by atoms with Gasteiger partial charge in [0.25, 0.3) is 0 Å². The molecular formula is C53H36N2. The van der Waals surface area contributed by atoms with E-state index in [1.165, 1.54) is 61.0 Å². The van der Waals surface area contributed by atoms with Gasteiger partial charge in [0.1, 0.15) is 0 Å². The van der Waals surface area contributed by atoms with Crippen LogP contribution in [0, 0.1) is 0 Å². The molecule has 0 saturated carbocycles. The van der Waals surface area contributed by atoms with Crippen molar-refractivity contribution in [1.82, 2.24) is 0 Å². The van der Waals surface area contributed by atoms with Gasteiger partial charge in [0, 0.05) is 34.0 Å². The number of rotatable bonds is 6. The van der Waals surface area contributed by atoms with Crippen LogP contribution in [-0.2, 0) is 5.41 Å². The third-order valence-electron chi connectivity index (χ3n) is 11.6. The SMILES string of the molecule is c1ccc(N(c2ccccc2)c2ccc3c(c2)C2(c4ccccc4-3)c3ccccc3-c3c(N(c4ccccc4)c4ccccc4)cc4ccccc4c32)cc1. The van der Waals surface area contributed by atoms with Gasteiger partial charge < -0.3 is 9.80 Å².